The van der Waals surface area contributed by atoms with E-state index in [0.29, 0.717) is 6.04 Å². The summed E-state index contributed by atoms with van der Waals surface area (Å²) in [7, 11) is 0. The van der Waals surface area contributed by atoms with Crippen LogP contribution in [0.15, 0.2) is 24.4 Å². The van der Waals surface area contributed by atoms with E-state index in [9.17, 15) is 4.79 Å². The minimum absolute atomic E-state index is 0.227. The smallest absolute Gasteiger partial charge is 0.227 e. The molecule has 108 valence electrons. The number of amides is 1. The molecule has 1 unspecified atom stereocenters. The number of carbonyl (C=O) groups is 1. The summed E-state index contributed by atoms with van der Waals surface area (Å²) in [4.78, 5) is 19.4. The van der Waals surface area contributed by atoms with Crippen LogP contribution in [0, 0.1) is 5.41 Å². The summed E-state index contributed by atoms with van der Waals surface area (Å²) in [6, 6.07) is 6.57. The van der Waals surface area contributed by atoms with Crippen LogP contribution in [0.1, 0.15) is 38.3 Å². The van der Waals surface area contributed by atoms with Gasteiger partial charge in [-0.3, -0.25) is 9.78 Å². The van der Waals surface area contributed by atoms with Gasteiger partial charge in [-0.1, -0.05) is 6.07 Å². The van der Waals surface area contributed by atoms with Crippen LogP contribution in [0.5, 0.6) is 0 Å². The predicted octanol–water partition coefficient (Wildman–Crippen LogP) is 1.79. The molecule has 2 aliphatic heterocycles. The number of pyridine rings is 1. The fraction of sp³-hybridized carbons (Fsp3) is 0.625. The van der Waals surface area contributed by atoms with Gasteiger partial charge in [0.15, 0.2) is 0 Å². The Morgan fingerprint density at radius 1 is 1.35 bits per heavy atom. The number of hydrogen-bond acceptors (Lipinski definition) is 3. The third kappa shape index (κ3) is 2.12. The second-order valence-electron chi connectivity index (χ2n) is 6.30. The van der Waals surface area contributed by atoms with E-state index >= 15 is 0 Å². The molecule has 4 nitrogen and oxygen atoms in total. The predicted molar refractivity (Wildman–Crippen MR) is 78.4 cm³/mol. The average molecular weight is 273 g/mol. The minimum Gasteiger partial charge on any atom is -0.355 e. The molecule has 1 spiro atoms. The molecule has 1 N–H and O–H groups in total. The molecule has 2 aliphatic rings. The van der Waals surface area contributed by atoms with Gasteiger partial charge in [-0.25, -0.2) is 0 Å². The standard InChI is InChI=1S/C16H23N3O/c1-12(2)19-9-6-16(7-10-19)13(11-18-15(16)20)14-5-3-4-8-17-14/h3-5,8,12-13H,6-7,9-11H2,1-2H3,(H,18,20). The number of likely N-dealkylation sites (tertiary alicyclic amines) is 1. The van der Waals surface area contributed by atoms with Crippen LogP contribution in [-0.2, 0) is 4.79 Å². The van der Waals surface area contributed by atoms with Gasteiger partial charge < -0.3 is 10.2 Å². The largest absolute Gasteiger partial charge is 0.355 e. The lowest BCUT2D eigenvalue weighted by atomic mass is 9.69. The number of nitrogens with zero attached hydrogens (tertiary/aromatic N) is 2. The van der Waals surface area contributed by atoms with Crippen LogP contribution in [-0.4, -0.2) is 41.5 Å². The zero-order valence-electron chi connectivity index (χ0n) is 12.3. The van der Waals surface area contributed by atoms with Gasteiger partial charge in [0.1, 0.15) is 0 Å². The fourth-order valence-electron chi connectivity index (χ4n) is 3.71. The summed E-state index contributed by atoms with van der Waals surface area (Å²) in [6.07, 6.45) is 3.71. The number of piperidine rings is 1. The number of carbonyl (C=O) groups excluding carboxylic acids is 1. The van der Waals surface area contributed by atoms with Crippen molar-refractivity contribution >= 4 is 5.91 Å². The molecule has 4 heteroatoms. The van der Waals surface area contributed by atoms with Crippen LogP contribution in [0.4, 0.5) is 0 Å². The first kappa shape index (κ1) is 13.6. The normalized spacial score (nSPS) is 26.1. The van der Waals surface area contributed by atoms with Gasteiger partial charge in [-0.05, 0) is 51.9 Å². The highest BCUT2D eigenvalue weighted by Crippen LogP contribution is 2.47. The summed E-state index contributed by atoms with van der Waals surface area (Å²) < 4.78 is 0. The van der Waals surface area contributed by atoms with Gasteiger partial charge in [-0.2, -0.15) is 0 Å². The van der Waals surface area contributed by atoms with Crippen LogP contribution in [0.2, 0.25) is 0 Å². The Morgan fingerprint density at radius 3 is 2.70 bits per heavy atom. The lowest BCUT2D eigenvalue weighted by Gasteiger charge is -2.42. The van der Waals surface area contributed by atoms with Crippen molar-refractivity contribution in [1.82, 2.24) is 15.2 Å². The van der Waals surface area contributed by atoms with E-state index in [0.717, 1.165) is 38.2 Å². The molecule has 0 bridgehead atoms. The monoisotopic (exact) mass is 273 g/mol. The highest BCUT2D eigenvalue weighted by Gasteiger charge is 2.52. The van der Waals surface area contributed by atoms with Crippen LogP contribution >= 0.6 is 0 Å². The molecule has 0 aromatic carbocycles. The lowest BCUT2D eigenvalue weighted by Crippen LogP contribution is -2.48. The zero-order valence-corrected chi connectivity index (χ0v) is 12.3. The molecular weight excluding hydrogens is 250 g/mol. The lowest BCUT2D eigenvalue weighted by molar-refractivity contribution is -0.131. The Morgan fingerprint density at radius 2 is 2.10 bits per heavy atom. The van der Waals surface area contributed by atoms with Crippen LogP contribution < -0.4 is 5.32 Å². The van der Waals surface area contributed by atoms with Crippen molar-refractivity contribution in [2.75, 3.05) is 19.6 Å². The Balaban J connectivity index is 1.85. The van der Waals surface area contributed by atoms with Crippen molar-refractivity contribution in [3.63, 3.8) is 0 Å². The molecule has 3 rings (SSSR count). The van der Waals surface area contributed by atoms with E-state index in [1.165, 1.54) is 0 Å². The first-order valence-electron chi connectivity index (χ1n) is 7.57. The van der Waals surface area contributed by atoms with Gasteiger partial charge in [-0.15, -0.1) is 0 Å². The number of nitrogens with one attached hydrogen (secondary N) is 1. The molecule has 0 saturated carbocycles. The van der Waals surface area contributed by atoms with Crippen molar-refractivity contribution in [3.8, 4) is 0 Å². The van der Waals surface area contributed by atoms with Crippen molar-refractivity contribution in [2.45, 2.75) is 38.6 Å². The SMILES string of the molecule is CC(C)N1CCC2(CC1)C(=O)NCC2c1ccccn1. The molecule has 1 amide bonds. The zero-order chi connectivity index (χ0) is 14.2. The van der Waals surface area contributed by atoms with E-state index in [1.807, 2.05) is 18.3 Å². The maximum absolute atomic E-state index is 12.5. The molecule has 2 fully saturated rings. The first-order chi connectivity index (χ1) is 9.63. The molecule has 1 atom stereocenters. The maximum Gasteiger partial charge on any atom is 0.227 e. The van der Waals surface area contributed by atoms with Crippen molar-refractivity contribution in [1.29, 1.82) is 0 Å². The summed E-state index contributed by atoms with van der Waals surface area (Å²) in [5.74, 6) is 0.460. The van der Waals surface area contributed by atoms with E-state index in [2.05, 4.69) is 35.1 Å². The van der Waals surface area contributed by atoms with Gasteiger partial charge in [0.05, 0.1) is 5.41 Å². The van der Waals surface area contributed by atoms with Crippen molar-refractivity contribution in [2.24, 2.45) is 5.41 Å². The molecule has 1 aromatic rings. The number of aromatic nitrogens is 1. The quantitative estimate of drug-likeness (QED) is 0.893. The van der Waals surface area contributed by atoms with E-state index in [4.69, 9.17) is 0 Å². The topological polar surface area (TPSA) is 45.2 Å². The van der Waals surface area contributed by atoms with Crippen LogP contribution in [0.25, 0.3) is 0 Å². The maximum atomic E-state index is 12.5. The van der Waals surface area contributed by atoms with E-state index < -0.39 is 0 Å². The molecular formula is C16H23N3O. The molecule has 1 aromatic heterocycles. The molecule has 20 heavy (non-hydrogen) atoms. The summed E-state index contributed by atoms with van der Waals surface area (Å²) in [5, 5.41) is 3.08. The van der Waals surface area contributed by atoms with Gasteiger partial charge in [0, 0.05) is 30.4 Å². The summed E-state index contributed by atoms with van der Waals surface area (Å²) in [5.41, 5.74) is 0.823. The van der Waals surface area contributed by atoms with Gasteiger partial charge in [0.25, 0.3) is 0 Å². The van der Waals surface area contributed by atoms with Gasteiger partial charge >= 0.3 is 0 Å². The third-order valence-electron chi connectivity index (χ3n) is 5.05. The van der Waals surface area contributed by atoms with E-state index in [-0.39, 0.29) is 17.2 Å². The highest BCUT2D eigenvalue weighted by molar-refractivity contribution is 5.86. The van der Waals surface area contributed by atoms with Crippen molar-refractivity contribution in [3.05, 3.63) is 30.1 Å². The van der Waals surface area contributed by atoms with Gasteiger partial charge in [0.2, 0.25) is 5.91 Å². The summed E-state index contributed by atoms with van der Waals surface area (Å²) >= 11 is 0. The number of rotatable bonds is 2. The van der Waals surface area contributed by atoms with E-state index in [1.54, 1.807) is 0 Å². The summed E-state index contributed by atoms with van der Waals surface area (Å²) in [6.45, 7) is 7.20. The second kappa shape index (κ2) is 5.17. The minimum atomic E-state index is -0.236. The van der Waals surface area contributed by atoms with Crippen molar-refractivity contribution < 1.29 is 4.79 Å². The fourth-order valence-corrected chi connectivity index (χ4v) is 3.71. The molecule has 2 saturated heterocycles. The Labute approximate surface area is 120 Å². The highest BCUT2D eigenvalue weighted by atomic mass is 16.2. The van der Waals surface area contributed by atoms with Crippen LogP contribution in [0.3, 0.4) is 0 Å². The molecule has 3 heterocycles. The first-order valence-corrected chi connectivity index (χ1v) is 7.57. The second-order valence-corrected chi connectivity index (χ2v) is 6.30. The Kier molecular flexibility index (Phi) is 3.50. The average Bonchev–Trinajstić information content (AvgIpc) is 2.78. The Bertz CT molecular complexity index is 478. The molecule has 0 radical (unpaired) electrons. The molecule has 0 aliphatic carbocycles. The number of hydrogen-bond donors (Lipinski definition) is 1. The third-order valence-corrected chi connectivity index (χ3v) is 5.05. The Hall–Kier alpha value is -1.42.